The zero-order chi connectivity index (χ0) is 17.6. The quantitative estimate of drug-likeness (QED) is 0.500. The molecule has 0 spiro atoms. The van der Waals surface area contributed by atoms with Crippen LogP contribution in [0.25, 0.3) is 11.0 Å². The highest BCUT2D eigenvalue weighted by atomic mass is 16.5. The Labute approximate surface area is 146 Å². The number of anilines is 1. The standard InChI is InChI=1S/C19H22N4O2/c1-4-24-17-11-10-14(12-18(17)25-5-2)13(3)22-23-19-20-15-8-6-7-9-16(15)21-19/h6-12H,4-5H2,1-3H3,(H2,20,21,23)/b22-13-. The Kier molecular flexibility index (Phi) is 5.18. The van der Waals surface area contributed by atoms with Crippen LogP contribution in [0.2, 0.25) is 0 Å². The third-order valence-corrected chi connectivity index (χ3v) is 3.68. The third-order valence-electron chi connectivity index (χ3n) is 3.68. The molecule has 0 radical (unpaired) electrons. The van der Waals surface area contributed by atoms with E-state index in [0.717, 1.165) is 33.8 Å². The average molecular weight is 338 g/mol. The first-order valence-electron chi connectivity index (χ1n) is 8.36. The van der Waals surface area contributed by atoms with Crippen molar-refractivity contribution in [3.8, 4) is 11.5 Å². The predicted molar refractivity (Wildman–Crippen MR) is 101 cm³/mol. The molecule has 0 fully saturated rings. The number of nitrogens with one attached hydrogen (secondary N) is 2. The molecule has 3 aromatic rings. The molecule has 0 atom stereocenters. The van der Waals surface area contributed by atoms with Crippen LogP contribution in [0.15, 0.2) is 47.6 Å². The summed E-state index contributed by atoms with van der Waals surface area (Å²) in [6, 6.07) is 13.7. The minimum Gasteiger partial charge on any atom is -0.490 e. The highest BCUT2D eigenvalue weighted by molar-refractivity contribution is 5.99. The SMILES string of the molecule is CCOc1ccc(/C(C)=N\Nc2nc3ccccc3[nH]2)cc1OCC. The van der Waals surface area contributed by atoms with E-state index in [0.29, 0.717) is 19.2 Å². The minimum atomic E-state index is 0.580. The Morgan fingerprint density at radius 2 is 1.84 bits per heavy atom. The molecule has 0 unspecified atom stereocenters. The number of para-hydroxylation sites is 2. The molecule has 0 aliphatic rings. The number of aromatic nitrogens is 2. The Morgan fingerprint density at radius 1 is 1.08 bits per heavy atom. The van der Waals surface area contributed by atoms with Gasteiger partial charge in [-0.1, -0.05) is 12.1 Å². The van der Waals surface area contributed by atoms with E-state index in [1.165, 1.54) is 0 Å². The first kappa shape index (κ1) is 16.8. The van der Waals surface area contributed by atoms with Gasteiger partial charge in [-0.15, -0.1) is 0 Å². The molecule has 25 heavy (non-hydrogen) atoms. The molecule has 0 aliphatic heterocycles. The second-order valence-electron chi connectivity index (χ2n) is 5.44. The van der Waals surface area contributed by atoms with Gasteiger partial charge in [0.2, 0.25) is 5.95 Å². The van der Waals surface area contributed by atoms with E-state index in [-0.39, 0.29) is 0 Å². The van der Waals surface area contributed by atoms with Crippen molar-refractivity contribution < 1.29 is 9.47 Å². The van der Waals surface area contributed by atoms with Gasteiger partial charge in [-0.05, 0) is 51.1 Å². The summed E-state index contributed by atoms with van der Waals surface area (Å²) in [6.45, 7) is 7.01. The lowest BCUT2D eigenvalue weighted by atomic mass is 10.1. The summed E-state index contributed by atoms with van der Waals surface area (Å²) in [5.74, 6) is 2.07. The van der Waals surface area contributed by atoms with Gasteiger partial charge in [-0.25, -0.2) is 10.4 Å². The highest BCUT2D eigenvalue weighted by Crippen LogP contribution is 2.28. The number of hydrazone groups is 1. The van der Waals surface area contributed by atoms with E-state index in [2.05, 4.69) is 20.5 Å². The number of aromatic amines is 1. The predicted octanol–water partition coefficient (Wildman–Crippen LogP) is 4.20. The van der Waals surface area contributed by atoms with Crippen molar-refractivity contribution in [2.45, 2.75) is 20.8 Å². The number of benzene rings is 2. The second-order valence-corrected chi connectivity index (χ2v) is 5.44. The van der Waals surface area contributed by atoms with Gasteiger partial charge in [-0.2, -0.15) is 5.10 Å². The Bertz CT molecular complexity index is 853. The molecule has 1 heterocycles. The minimum absolute atomic E-state index is 0.580. The van der Waals surface area contributed by atoms with Gasteiger partial charge in [0.1, 0.15) is 0 Å². The van der Waals surface area contributed by atoms with Gasteiger partial charge in [0, 0.05) is 5.56 Å². The summed E-state index contributed by atoms with van der Waals surface area (Å²) in [4.78, 5) is 7.63. The van der Waals surface area contributed by atoms with E-state index < -0.39 is 0 Å². The van der Waals surface area contributed by atoms with E-state index in [1.807, 2.05) is 63.2 Å². The fraction of sp³-hybridized carbons (Fsp3) is 0.263. The first-order chi connectivity index (χ1) is 12.2. The van der Waals surface area contributed by atoms with E-state index in [1.54, 1.807) is 0 Å². The molecule has 0 aliphatic carbocycles. The van der Waals surface area contributed by atoms with E-state index in [4.69, 9.17) is 9.47 Å². The summed E-state index contributed by atoms with van der Waals surface area (Å²) in [5, 5.41) is 4.41. The normalized spacial score (nSPS) is 11.6. The van der Waals surface area contributed by atoms with Crippen molar-refractivity contribution in [1.29, 1.82) is 0 Å². The van der Waals surface area contributed by atoms with Crippen LogP contribution in [-0.2, 0) is 0 Å². The van der Waals surface area contributed by atoms with Gasteiger partial charge in [0.05, 0.1) is 30.0 Å². The van der Waals surface area contributed by atoms with Crippen LogP contribution in [0.1, 0.15) is 26.3 Å². The number of nitrogens with zero attached hydrogens (tertiary/aromatic N) is 2. The Morgan fingerprint density at radius 3 is 2.60 bits per heavy atom. The second kappa shape index (κ2) is 7.70. The molecule has 6 heteroatoms. The van der Waals surface area contributed by atoms with Crippen LogP contribution < -0.4 is 14.9 Å². The number of imidazole rings is 1. The van der Waals surface area contributed by atoms with Crippen LogP contribution >= 0.6 is 0 Å². The van der Waals surface area contributed by atoms with Crippen molar-refractivity contribution in [3.05, 3.63) is 48.0 Å². The molecule has 2 aromatic carbocycles. The number of ether oxygens (including phenoxy) is 2. The van der Waals surface area contributed by atoms with Gasteiger partial charge in [0.25, 0.3) is 0 Å². The zero-order valence-corrected chi connectivity index (χ0v) is 14.7. The summed E-state index contributed by atoms with van der Waals surface area (Å²) in [5.41, 5.74) is 6.62. The molecule has 1 aromatic heterocycles. The van der Waals surface area contributed by atoms with Crippen LogP contribution in [0, 0.1) is 0 Å². The summed E-state index contributed by atoms with van der Waals surface area (Å²) >= 11 is 0. The lowest BCUT2D eigenvalue weighted by molar-refractivity contribution is 0.287. The summed E-state index contributed by atoms with van der Waals surface area (Å²) in [7, 11) is 0. The smallest absolute Gasteiger partial charge is 0.222 e. The topological polar surface area (TPSA) is 71.5 Å². The molecule has 0 bridgehead atoms. The zero-order valence-electron chi connectivity index (χ0n) is 14.7. The molecular weight excluding hydrogens is 316 g/mol. The van der Waals surface area contributed by atoms with Crippen molar-refractivity contribution in [2.24, 2.45) is 5.10 Å². The van der Waals surface area contributed by atoms with E-state index >= 15 is 0 Å². The van der Waals surface area contributed by atoms with Crippen LogP contribution in [0.3, 0.4) is 0 Å². The molecular formula is C19H22N4O2. The Hall–Kier alpha value is -3.02. The van der Waals surface area contributed by atoms with Crippen molar-refractivity contribution >= 4 is 22.7 Å². The molecule has 6 nitrogen and oxygen atoms in total. The fourth-order valence-electron chi connectivity index (χ4n) is 2.48. The maximum absolute atomic E-state index is 5.66. The lowest BCUT2D eigenvalue weighted by Crippen LogP contribution is -2.03. The molecule has 0 saturated heterocycles. The van der Waals surface area contributed by atoms with Gasteiger partial charge in [-0.3, -0.25) is 0 Å². The van der Waals surface area contributed by atoms with Crippen molar-refractivity contribution in [1.82, 2.24) is 9.97 Å². The van der Waals surface area contributed by atoms with Crippen molar-refractivity contribution in [3.63, 3.8) is 0 Å². The highest BCUT2D eigenvalue weighted by Gasteiger charge is 2.08. The molecule has 3 rings (SSSR count). The van der Waals surface area contributed by atoms with Crippen molar-refractivity contribution in [2.75, 3.05) is 18.6 Å². The van der Waals surface area contributed by atoms with Crippen LogP contribution in [-0.4, -0.2) is 28.9 Å². The molecule has 2 N–H and O–H groups in total. The fourth-order valence-corrected chi connectivity index (χ4v) is 2.48. The maximum atomic E-state index is 5.66. The molecule has 0 saturated carbocycles. The number of fused-ring (bicyclic) bond motifs is 1. The number of hydrogen-bond donors (Lipinski definition) is 2. The van der Waals surface area contributed by atoms with Gasteiger partial charge in [0.15, 0.2) is 11.5 Å². The van der Waals surface area contributed by atoms with Gasteiger partial charge >= 0.3 is 0 Å². The van der Waals surface area contributed by atoms with E-state index in [9.17, 15) is 0 Å². The molecule has 0 amide bonds. The number of H-pyrrole nitrogens is 1. The van der Waals surface area contributed by atoms with Crippen LogP contribution in [0.4, 0.5) is 5.95 Å². The summed E-state index contributed by atoms with van der Waals surface area (Å²) < 4.78 is 11.3. The third kappa shape index (κ3) is 3.91. The van der Waals surface area contributed by atoms with Crippen LogP contribution in [0.5, 0.6) is 11.5 Å². The molecule has 130 valence electrons. The largest absolute Gasteiger partial charge is 0.490 e. The number of rotatable bonds is 7. The monoisotopic (exact) mass is 338 g/mol. The van der Waals surface area contributed by atoms with Gasteiger partial charge < -0.3 is 14.5 Å². The Balaban J connectivity index is 1.80. The average Bonchev–Trinajstić information content (AvgIpc) is 3.04. The first-order valence-corrected chi connectivity index (χ1v) is 8.36. The lowest BCUT2D eigenvalue weighted by Gasteiger charge is -2.12. The summed E-state index contributed by atoms with van der Waals surface area (Å²) in [6.07, 6.45) is 0. The number of hydrogen-bond acceptors (Lipinski definition) is 5. The maximum Gasteiger partial charge on any atom is 0.222 e.